The van der Waals surface area contributed by atoms with E-state index in [1.165, 1.54) is 0 Å². The number of carbonyl (C=O) groups is 1. The zero-order chi connectivity index (χ0) is 11.3. The third-order valence-electron chi connectivity index (χ3n) is 1.81. The van der Waals surface area contributed by atoms with Crippen molar-refractivity contribution in [2.45, 2.75) is 26.1 Å². The van der Waals surface area contributed by atoms with Crippen LogP contribution in [0.2, 0.25) is 19.6 Å². The van der Waals surface area contributed by atoms with Crippen LogP contribution in [0.4, 0.5) is 0 Å². The van der Waals surface area contributed by atoms with Crippen molar-refractivity contribution in [3.8, 4) is 11.5 Å². The van der Waals surface area contributed by atoms with Crippen molar-refractivity contribution in [1.82, 2.24) is 0 Å². The molecular formula is C13H16OSi. The fourth-order valence-electron chi connectivity index (χ4n) is 1.12. The summed E-state index contributed by atoms with van der Waals surface area (Å²) in [6.07, 6.45) is 0.342. The van der Waals surface area contributed by atoms with Gasteiger partial charge >= 0.3 is 0 Å². The van der Waals surface area contributed by atoms with Gasteiger partial charge in [0.1, 0.15) is 8.07 Å². The minimum atomic E-state index is -1.34. The highest BCUT2D eigenvalue weighted by Crippen LogP contribution is 2.03. The van der Waals surface area contributed by atoms with Crippen molar-refractivity contribution < 1.29 is 4.79 Å². The van der Waals surface area contributed by atoms with Crippen molar-refractivity contribution >= 4 is 13.9 Å². The molecule has 0 unspecified atom stereocenters. The Balaban J connectivity index is 2.61. The van der Waals surface area contributed by atoms with E-state index >= 15 is 0 Å². The van der Waals surface area contributed by atoms with Crippen molar-refractivity contribution in [2.75, 3.05) is 0 Å². The van der Waals surface area contributed by atoms with Crippen molar-refractivity contribution in [3.63, 3.8) is 0 Å². The molecule has 78 valence electrons. The van der Waals surface area contributed by atoms with E-state index < -0.39 is 8.07 Å². The lowest BCUT2D eigenvalue weighted by Gasteiger charge is -2.03. The number of ketones is 1. The van der Waals surface area contributed by atoms with Crippen LogP contribution in [0.3, 0.4) is 0 Å². The summed E-state index contributed by atoms with van der Waals surface area (Å²) in [7, 11) is -1.34. The highest BCUT2D eigenvalue weighted by atomic mass is 28.3. The van der Waals surface area contributed by atoms with Gasteiger partial charge in [-0.15, -0.1) is 11.5 Å². The van der Waals surface area contributed by atoms with Gasteiger partial charge in [-0.05, 0) is 0 Å². The maximum Gasteiger partial charge on any atom is 0.174 e. The van der Waals surface area contributed by atoms with Crippen molar-refractivity contribution in [2.24, 2.45) is 0 Å². The monoisotopic (exact) mass is 216 g/mol. The molecule has 0 aliphatic carbocycles. The topological polar surface area (TPSA) is 17.1 Å². The lowest BCUT2D eigenvalue weighted by molar-refractivity contribution is 0.0998. The van der Waals surface area contributed by atoms with E-state index in [1.807, 2.05) is 30.3 Å². The number of Topliss-reactive ketones (excluding diaryl/α,β-unsaturated/α-hetero) is 1. The summed E-state index contributed by atoms with van der Waals surface area (Å²) < 4.78 is 0. The van der Waals surface area contributed by atoms with Gasteiger partial charge in [0.2, 0.25) is 0 Å². The molecule has 0 fully saturated rings. The average Bonchev–Trinajstić information content (AvgIpc) is 2.17. The molecule has 15 heavy (non-hydrogen) atoms. The molecule has 0 heterocycles. The highest BCUT2D eigenvalue weighted by Gasteiger charge is 2.08. The van der Waals surface area contributed by atoms with Gasteiger partial charge < -0.3 is 0 Å². The van der Waals surface area contributed by atoms with Crippen molar-refractivity contribution in [1.29, 1.82) is 0 Å². The van der Waals surface area contributed by atoms with Gasteiger partial charge in [-0.1, -0.05) is 50.0 Å². The maximum atomic E-state index is 11.6. The van der Waals surface area contributed by atoms with Crippen LogP contribution in [0, 0.1) is 11.5 Å². The Hall–Kier alpha value is -1.33. The van der Waals surface area contributed by atoms with Crippen LogP contribution in [-0.4, -0.2) is 13.9 Å². The first-order valence-electron chi connectivity index (χ1n) is 5.07. The van der Waals surface area contributed by atoms with Gasteiger partial charge in [-0.3, -0.25) is 4.79 Å². The van der Waals surface area contributed by atoms with Crippen LogP contribution in [0.5, 0.6) is 0 Å². The Morgan fingerprint density at radius 3 is 2.33 bits per heavy atom. The molecule has 0 bridgehead atoms. The number of hydrogen-bond acceptors (Lipinski definition) is 1. The predicted molar refractivity (Wildman–Crippen MR) is 66.5 cm³/mol. The van der Waals surface area contributed by atoms with E-state index in [0.717, 1.165) is 5.56 Å². The summed E-state index contributed by atoms with van der Waals surface area (Å²) in [5.74, 6) is 3.10. The summed E-state index contributed by atoms with van der Waals surface area (Å²) in [5.41, 5.74) is 3.94. The molecule has 0 aliphatic rings. The van der Waals surface area contributed by atoms with E-state index in [9.17, 15) is 4.79 Å². The van der Waals surface area contributed by atoms with E-state index in [4.69, 9.17) is 0 Å². The zero-order valence-electron chi connectivity index (χ0n) is 9.50. The van der Waals surface area contributed by atoms with Crippen LogP contribution in [-0.2, 0) is 0 Å². The Morgan fingerprint density at radius 2 is 1.80 bits per heavy atom. The first kappa shape index (κ1) is 11.7. The first-order valence-corrected chi connectivity index (χ1v) is 8.57. The van der Waals surface area contributed by atoms with Gasteiger partial charge in [-0.2, -0.15) is 0 Å². The molecule has 1 nitrogen and oxygen atoms in total. The van der Waals surface area contributed by atoms with Crippen LogP contribution >= 0.6 is 0 Å². The number of rotatable bonds is 2. The molecule has 2 heteroatoms. The standard InChI is InChI=1S/C13H16OSi/c1-15(2,3)11-7-10-13(14)12-8-5-4-6-9-12/h4-6,8-9H,10H2,1-3H3. The molecule has 0 amide bonds. The maximum absolute atomic E-state index is 11.6. The fraction of sp³-hybridized carbons (Fsp3) is 0.308. The highest BCUT2D eigenvalue weighted by molar-refractivity contribution is 6.83. The predicted octanol–water partition coefficient (Wildman–Crippen LogP) is 3.14. The van der Waals surface area contributed by atoms with E-state index in [-0.39, 0.29) is 5.78 Å². The first-order chi connectivity index (χ1) is 6.99. The smallest absolute Gasteiger partial charge is 0.174 e. The van der Waals surface area contributed by atoms with E-state index in [0.29, 0.717) is 6.42 Å². The van der Waals surface area contributed by atoms with Gasteiger partial charge in [0, 0.05) is 5.56 Å². The third-order valence-corrected chi connectivity index (χ3v) is 2.73. The molecule has 0 saturated carbocycles. The molecule has 0 aromatic heterocycles. The molecular weight excluding hydrogens is 200 g/mol. The molecule has 1 rings (SSSR count). The van der Waals surface area contributed by atoms with Crippen molar-refractivity contribution in [3.05, 3.63) is 35.9 Å². The van der Waals surface area contributed by atoms with Gasteiger partial charge in [0.15, 0.2) is 5.78 Å². The Morgan fingerprint density at radius 1 is 1.20 bits per heavy atom. The molecule has 0 radical (unpaired) electrons. The second-order valence-electron chi connectivity index (χ2n) is 4.52. The molecule has 0 spiro atoms. The molecule has 0 N–H and O–H groups in total. The summed E-state index contributed by atoms with van der Waals surface area (Å²) in [6.45, 7) is 6.52. The Kier molecular flexibility index (Phi) is 3.87. The second kappa shape index (κ2) is 4.95. The third kappa shape index (κ3) is 4.62. The van der Waals surface area contributed by atoms with E-state index in [1.54, 1.807) is 0 Å². The number of carbonyl (C=O) groups excluding carboxylic acids is 1. The molecule has 0 saturated heterocycles. The Labute approximate surface area is 92.5 Å². The minimum Gasteiger partial charge on any atom is -0.293 e. The quantitative estimate of drug-likeness (QED) is 0.422. The summed E-state index contributed by atoms with van der Waals surface area (Å²) in [6, 6.07) is 9.32. The Bertz CT molecular complexity index is 390. The van der Waals surface area contributed by atoms with E-state index in [2.05, 4.69) is 31.1 Å². The van der Waals surface area contributed by atoms with Crippen LogP contribution in [0.25, 0.3) is 0 Å². The number of hydrogen-bond donors (Lipinski definition) is 0. The normalized spacial score (nSPS) is 10.3. The lowest BCUT2D eigenvalue weighted by Crippen LogP contribution is -2.16. The summed E-state index contributed by atoms with van der Waals surface area (Å²) in [5, 5.41) is 0. The molecule has 0 aliphatic heterocycles. The molecule has 1 aromatic carbocycles. The molecule has 0 atom stereocenters. The van der Waals surface area contributed by atoms with Gasteiger partial charge in [0.25, 0.3) is 0 Å². The average molecular weight is 216 g/mol. The molecule has 1 aromatic rings. The zero-order valence-corrected chi connectivity index (χ0v) is 10.5. The largest absolute Gasteiger partial charge is 0.293 e. The fourth-order valence-corrected chi connectivity index (χ4v) is 1.73. The minimum absolute atomic E-state index is 0.112. The second-order valence-corrected chi connectivity index (χ2v) is 9.27. The van der Waals surface area contributed by atoms with Gasteiger partial charge in [0.05, 0.1) is 6.42 Å². The number of benzene rings is 1. The van der Waals surface area contributed by atoms with Crippen LogP contribution < -0.4 is 0 Å². The summed E-state index contributed by atoms with van der Waals surface area (Å²) >= 11 is 0. The SMILES string of the molecule is C[Si](C)(C)C#CCC(=O)c1ccccc1. The lowest BCUT2D eigenvalue weighted by atomic mass is 10.1. The van der Waals surface area contributed by atoms with Crippen LogP contribution in [0.1, 0.15) is 16.8 Å². The van der Waals surface area contributed by atoms with Gasteiger partial charge in [-0.25, -0.2) is 0 Å². The summed E-state index contributed by atoms with van der Waals surface area (Å²) in [4.78, 5) is 11.6. The van der Waals surface area contributed by atoms with Crippen LogP contribution in [0.15, 0.2) is 30.3 Å².